The molecule has 3 rings (SSSR count). The molecule has 1 aromatic carbocycles. The second-order valence-corrected chi connectivity index (χ2v) is 5.72. The molecule has 1 aromatic heterocycles. The second-order valence-electron chi connectivity index (χ2n) is 5.72. The third-order valence-electron chi connectivity index (χ3n) is 4.16. The lowest BCUT2D eigenvalue weighted by molar-refractivity contribution is 0.623. The van der Waals surface area contributed by atoms with E-state index in [-0.39, 0.29) is 5.82 Å². The molecule has 0 spiro atoms. The van der Waals surface area contributed by atoms with Crippen molar-refractivity contribution in [2.24, 2.45) is 0 Å². The van der Waals surface area contributed by atoms with Crippen LogP contribution in [0.3, 0.4) is 0 Å². The maximum atomic E-state index is 14.3. The summed E-state index contributed by atoms with van der Waals surface area (Å²) in [5, 5.41) is 11.3. The monoisotopic (exact) mass is 315 g/mol. The van der Waals surface area contributed by atoms with Crippen LogP contribution in [0.4, 0.5) is 21.7 Å². The second kappa shape index (κ2) is 6.89. The molecule has 0 amide bonds. The number of halogens is 1. The molecule has 1 saturated heterocycles. The lowest BCUT2D eigenvalue weighted by atomic mass is 10.2. The molecular formula is C17H22FN5. The normalized spacial score (nSPS) is 14.3. The van der Waals surface area contributed by atoms with Crippen molar-refractivity contribution in [2.75, 3.05) is 23.3 Å². The number of benzene rings is 1. The Morgan fingerprint density at radius 2 is 1.83 bits per heavy atom. The van der Waals surface area contributed by atoms with Gasteiger partial charge in [-0.25, -0.2) is 9.37 Å². The summed E-state index contributed by atoms with van der Waals surface area (Å²) < 4.78 is 14.3. The van der Waals surface area contributed by atoms with Crippen molar-refractivity contribution in [3.63, 3.8) is 0 Å². The summed E-state index contributed by atoms with van der Waals surface area (Å²) in [6.45, 7) is 5.92. The first kappa shape index (κ1) is 15.6. The number of aromatic nitrogens is 3. The molecule has 1 N–H and O–H groups in total. The smallest absolute Gasteiger partial charge is 0.247 e. The van der Waals surface area contributed by atoms with Crippen LogP contribution in [-0.4, -0.2) is 28.3 Å². The fraction of sp³-hybridized carbons (Fsp3) is 0.471. The van der Waals surface area contributed by atoms with Gasteiger partial charge in [-0.05, 0) is 43.9 Å². The number of hydrogen-bond acceptors (Lipinski definition) is 5. The minimum Gasteiger partial charge on any atom is -0.369 e. The summed E-state index contributed by atoms with van der Waals surface area (Å²) in [6, 6.07) is 5.17. The largest absolute Gasteiger partial charge is 0.369 e. The van der Waals surface area contributed by atoms with E-state index in [0.717, 1.165) is 50.2 Å². The molecule has 0 atom stereocenters. The van der Waals surface area contributed by atoms with E-state index in [2.05, 4.69) is 25.4 Å². The van der Waals surface area contributed by atoms with E-state index in [4.69, 9.17) is 0 Å². The van der Waals surface area contributed by atoms with E-state index in [1.165, 1.54) is 6.07 Å². The molecule has 0 aliphatic carbocycles. The fourth-order valence-electron chi connectivity index (χ4n) is 2.92. The predicted octanol–water partition coefficient (Wildman–Crippen LogP) is 3.48. The van der Waals surface area contributed by atoms with Crippen LogP contribution in [0.15, 0.2) is 18.2 Å². The number of rotatable bonds is 5. The number of nitrogens with zero attached hydrogens (tertiary/aromatic N) is 4. The van der Waals surface area contributed by atoms with Gasteiger partial charge in [0.15, 0.2) is 0 Å². The van der Waals surface area contributed by atoms with Crippen LogP contribution in [0.1, 0.15) is 38.1 Å². The minimum atomic E-state index is -0.217. The van der Waals surface area contributed by atoms with Gasteiger partial charge in [-0.3, -0.25) is 0 Å². The van der Waals surface area contributed by atoms with Crippen molar-refractivity contribution >= 4 is 17.3 Å². The zero-order valence-electron chi connectivity index (χ0n) is 13.6. The van der Waals surface area contributed by atoms with E-state index in [0.29, 0.717) is 17.3 Å². The van der Waals surface area contributed by atoms with Gasteiger partial charge in [-0.1, -0.05) is 13.8 Å². The maximum Gasteiger partial charge on any atom is 0.247 e. The summed E-state index contributed by atoms with van der Waals surface area (Å²) in [5.41, 5.74) is 3.15. The molecule has 1 aliphatic heterocycles. The Kier molecular flexibility index (Phi) is 4.69. The number of anilines is 3. The van der Waals surface area contributed by atoms with Gasteiger partial charge >= 0.3 is 0 Å². The van der Waals surface area contributed by atoms with Gasteiger partial charge in [0.1, 0.15) is 5.82 Å². The van der Waals surface area contributed by atoms with Gasteiger partial charge in [-0.15, -0.1) is 10.2 Å². The minimum absolute atomic E-state index is 0.217. The van der Waals surface area contributed by atoms with Gasteiger partial charge < -0.3 is 10.2 Å². The highest BCUT2D eigenvalue weighted by molar-refractivity contribution is 5.60. The molecule has 1 fully saturated rings. The van der Waals surface area contributed by atoms with Gasteiger partial charge in [0.25, 0.3) is 0 Å². The predicted molar refractivity (Wildman–Crippen MR) is 89.7 cm³/mol. The van der Waals surface area contributed by atoms with Crippen molar-refractivity contribution in [3.8, 4) is 0 Å². The van der Waals surface area contributed by atoms with E-state index in [1.54, 1.807) is 0 Å². The molecule has 0 unspecified atom stereocenters. The van der Waals surface area contributed by atoms with Crippen LogP contribution >= 0.6 is 0 Å². The lowest BCUT2D eigenvalue weighted by Gasteiger charge is -2.18. The van der Waals surface area contributed by atoms with Crippen molar-refractivity contribution in [1.82, 2.24) is 15.2 Å². The molecule has 6 heteroatoms. The Bertz CT molecular complexity index is 683. The number of hydrogen-bond donors (Lipinski definition) is 1. The Labute approximate surface area is 136 Å². The molecule has 2 heterocycles. The Hall–Kier alpha value is -2.24. The zero-order chi connectivity index (χ0) is 16.2. The van der Waals surface area contributed by atoms with E-state index >= 15 is 0 Å². The van der Waals surface area contributed by atoms with E-state index in [1.807, 2.05) is 26.0 Å². The van der Waals surface area contributed by atoms with Crippen molar-refractivity contribution < 1.29 is 4.39 Å². The average molecular weight is 315 g/mol. The maximum absolute atomic E-state index is 14.3. The summed E-state index contributed by atoms with van der Waals surface area (Å²) in [5.74, 6) is 0.193. The molecular weight excluding hydrogens is 293 g/mol. The highest BCUT2D eigenvalue weighted by atomic mass is 19.1. The third-order valence-corrected chi connectivity index (χ3v) is 4.16. The van der Waals surface area contributed by atoms with Crippen molar-refractivity contribution in [2.45, 2.75) is 39.5 Å². The number of nitrogens with one attached hydrogen (secondary N) is 1. The summed E-state index contributed by atoms with van der Waals surface area (Å²) in [7, 11) is 0. The Morgan fingerprint density at radius 1 is 1.09 bits per heavy atom. The highest BCUT2D eigenvalue weighted by Crippen LogP contribution is 2.26. The number of aryl methyl sites for hydroxylation is 2. The van der Waals surface area contributed by atoms with Gasteiger partial charge in [0.05, 0.1) is 17.1 Å². The first-order chi connectivity index (χ1) is 11.2. The first-order valence-electron chi connectivity index (χ1n) is 8.25. The quantitative estimate of drug-likeness (QED) is 0.915. The summed E-state index contributed by atoms with van der Waals surface area (Å²) >= 11 is 0. The van der Waals surface area contributed by atoms with E-state index in [9.17, 15) is 4.39 Å². The third kappa shape index (κ3) is 3.41. The molecule has 5 nitrogen and oxygen atoms in total. The van der Waals surface area contributed by atoms with Crippen LogP contribution in [0.5, 0.6) is 0 Å². The van der Waals surface area contributed by atoms with Gasteiger partial charge in [0.2, 0.25) is 5.95 Å². The molecule has 0 saturated carbocycles. The Balaban J connectivity index is 1.79. The van der Waals surface area contributed by atoms with Crippen LogP contribution < -0.4 is 10.2 Å². The first-order valence-corrected chi connectivity index (χ1v) is 8.25. The Morgan fingerprint density at radius 3 is 2.48 bits per heavy atom. The molecule has 0 bridgehead atoms. The van der Waals surface area contributed by atoms with Crippen molar-refractivity contribution in [3.05, 3.63) is 35.4 Å². The molecule has 23 heavy (non-hydrogen) atoms. The van der Waals surface area contributed by atoms with Crippen LogP contribution in [-0.2, 0) is 12.8 Å². The van der Waals surface area contributed by atoms with Crippen LogP contribution in [0.25, 0.3) is 0 Å². The van der Waals surface area contributed by atoms with Gasteiger partial charge in [-0.2, -0.15) is 0 Å². The zero-order valence-corrected chi connectivity index (χ0v) is 13.6. The van der Waals surface area contributed by atoms with Crippen LogP contribution in [0.2, 0.25) is 0 Å². The summed E-state index contributed by atoms with van der Waals surface area (Å²) in [6.07, 6.45) is 3.86. The highest BCUT2D eigenvalue weighted by Gasteiger charge is 2.16. The van der Waals surface area contributed by atoms with Crippen molar-refractivity contribution in [1.29, 1.82) is 0 Å². The lowest BCUT2D eigenvalue weighted by Crippen LogP contribution is -2.18. The SMILES string of the molecule is CCc1nnc(Nc2ccc(N3CCCC3)c(F)c2)nc1CC. The van der Waals surface area contributed by atoms with E-state index < -0.39 is 0 Å². The molecule has 0 radical (unpaired) electrons. The molecule has 2 aromatic rings. The standard InChI is InChI=1S/C17H22FN5/c1-3-14-15(4-2)21-22-17(20-14)19-12-7-8-16(13(18)11-12)23-9-5-6-10-23/h7-8,11H,3-6,9-10H2,1-2H3,(H,19,20,22). The summed E-state index contributed by atoms with van der Waals surface area (Å²) in [4.78, 5) is 6.55. The fourth-order valence-corrected chi connectivity index (χ4v) is 2.92. The average Bonchev–Trinajstić information content (AvgIpc) is 3.09. The van der Waals surface area contributed by atoms with Gasteiger partial charge in [0, 0.05) is 18.8 Å². The topological polar surface area (TPSA) is 53.9 Å². The molecule has 122 valence electrons. The molecule has 1 aliphatic rings. The van der Waals surface area contributed by atoms with Crippen LogP contribution in [0, 0.1) is 5.82 Å².